The molecular formula is C34H40Cl2N2O6. The Kier molecular flexibility index (Phi) is 11.2. The summed E-state index contributed by atoms with van der Waals surface area (Å²) in [5.41, 5.74) is 2.45. The number of Topliss-reactive ketones (excluding diaryl/α,β-unsaturated/α-hetero) is 1. The van der Waals surface area contributed by atoms with Gasteiger partial charge in [0.1, 0.15) is 5.78 Å². The standard InChI is InChI=1S/C34H40Cl2N2O6/c35-26-15-24(16-27(36)19-26)12-13-43-32(40)11-8-22-3-1-2-21(4-5-22)6-7-23-14-25(18-29(39)17-23)33(41)37-28-9-10-30-31(20-28)44-34(42)38-30/h9-10,15-16,19-23,25H,1-8,11-14,17-18H2,(H,37,41)(H,38,42). The van der Waals surface area contributed by atoms with E-state index in [4.69, 9.17) is 32.4 Å². The molecule has 2 N–H and O–H groups in total. The van der Waals surface area contributed by atoms with Crippen molar-refractivity contribution in [2.75, 3.05) is 11.9 Å². The second-order valence-electron chi connectivity index (χ2n) is 12.6. The zero-order valence-electron chi connectivity index (χ0n) is 24.9. The highest BCUT2D eigenvalue weighted by Crippen LogP contribution is 2.36. The van der Waals surface area contributed by atoms with Gasteiger partial charge in [0.05, 0.1) is 12.1 Å². The van der Waals surface area contributed by atoms with Crippen LogP contribution < -0.4 is 11.1 Å². The molecule has 44 heavy (non-hydrogen) atoms. The summed E-state index contributed by atoms with van der Waals surface area (Å²) in [5.74, 6) is 0.302. The molecule has 0 radical (unpaired) electrons. The minimum Gasteiger partial charge on any atom is -0.465 e. The van der Waals surface area contributed by atoms with E-state index in [1.807, 2.05) is 12.1 Å². The van der Waals surface area contributed by atoms with Crippen LogP contribution in [0.5, 0.6) is 0 Å². The van der Waals surface area contributed by atoms with Crippen LogP contribution >= 0.6 is 23.2 Å². The number of aromatic nitrogens is 1. The first kappa shape index (κ1) is 32.3. The monoisotopic (exact) mass is 642 g/mol. The molecule has 236 valence electrons. The van der Waals surface area contributed by atoms with Crippen molar-refractivity contribution in [2.24, 2.45) is 23.7 Å². The third-order valence-electron chi connectivity index (χ3n) is 9.19. The van der Waals surface area contributed by atoms with Gasteiger partial charge >= 0.3 is 11.7 Å². The second-order valence-corrected chi connectivity index (χ2v) is 13.4. The topological polar surface area (TPSA) is 118 Å². The van der Waals surface area contributed by atoms with Gasteiger partial charge < -0.3 is 14.5 Å². The highest BCUT2D eigenvalue weighted by atomic mass is 35.5. The van der Waals surface area contributed by atoms with Crippen LogP contribution in [0.2, 0.25) is 10.0 Å². The quantitative estimate of drug-likeness (QED) is 0.162. The average molecular weight is 644 g/mol. The van der Waals surface area contributed by atoms with Gasteiger partial charge in [-0.15, -0.1) is 0 Å². The number of hydrogen-bond donors (Lipinski definition) is 2. The zero-order valence-corrected chi connectivity index (χ0v) is 26.4. The number of ketones is 1. The van der Waals surface area contributed by atoms with Crippen molar-refractivity contribution >= 4 is 57.6 Å². The predicted octanol–water partition coefficient (Wildman–Crippen LogP) is 7.89. The Bertz CT molecular complexity index is 1510. The molecule has 1 aromatic heterocycles. The van der Waals surface area contributed by atoms with Crippen LogP contribution in [0.15, 0.2) is 45.6 Å². The summed E-state index contributed by atoms with van der Waals surface area (Å²) >= 11 is 12.1. The molecule has 3 aromatic rings. The van der Waals surface area contributed by atoms with Crippen molar-refractivity contribution in [1.29, 1.82) is 0 Å². The Morgan fingerprint density at radius 3 is 2.41 bits per heavy atom. The van der Waals surface area contributed by atoms with Crippen LogP contribution in [0.1, 0.15) is 82.6 Å². The Labute approximate surface area is 267 Å². The first-order valence-corrected chi connectivity index (χ1v) is 16.5. The molecule has 2 aromatic carbocycles. The van der Waals surface area contributed by atoms with Gasteiger partial charge in [0.2, 0.25) is 5.91 Å². The normalized spacial score (nSPS) is 22.5. The fraction of sp³-hybridized carbons (Fsp3) is 0.529. The van der Waals surface area contributed by atoms with E-state index < -0.39 is 5.76 Å². The maximum atomic E-state index is 13.0. The second kappa shape index (κ2) is 15.3. The number of nitrogens with one attached hydrogen (secondary N) is 2. The van der Waals surface area contributed by atoms with Crippen LogP contribution in [-0.4, -0.2) is 29.3 Å². The number of ether oxygens (including phenoxy) is 1. The Balaban J connectivity index is 1.00. The number of hydrogen-bond acceptors (Lipinski definition) is 6. The number of fused-ring (bicyclic) bond motifs is 1. The average Bonchev–Trinajstić information content (AvgIpc) is 3.19. The number of amides is 1. The van der Waals surface area contributed by atoms with Crippen molar-refractivity contribution in [2.45, 2.75) is 83.5 Å². The van der Waals surface area contributed by atoms with E-state index in [2.05, 4.69) is 10.3 Å². The Morgan fingerprint density at radius 1 is 0.909 bits per heavy atom. The summed E-state index contributed by atoms with van der Waals surface area (Å²) < 4.78 is 10.6. The molecule has 1 amide bonds. The summed E-state index contributed by atoms with van der Waals surface area (Å²) in [5, 5.41) is 4.06. The highest BCUT2D eigenvalue weighted by molar-refractivity contribution is 6.34. The predicted molar refractivity (Wildman–Crippen MR) is 171 cm³/mol. The third kappa shape index (κ3) is 9.45. The lowest BCUT2D eigenvalue weighted by molar-refractivity contribution is -0.144. The number of H-pyrrole nitrogens is 1. The molecule has 0 bridgehead atoms. The van der Waals surface area contributed by atoms with E-state index in [-0.39, 0.29) is 35.9 Å². The Morgan fingerprint density at radius 2 is 1.64 bits per heavy atom. The van der Waals surface area contributed by atoms with Gasteiger partial charge in [-0.05, 0) is 72.9 Å². The number of anilines is 1. The first-order chi connectivity index (χ1) is 21.2. The minimum absolute atomic E-state index is 0.151. The molecule has 8 nitrogen and oxygen atoms in total. The van der Waals surface area contributed by atoms with Crippen molar-refractivity contribution in [3.05, 3.63) is 62.6 Å². The van der Waals surface area contributed by atoms with Gasteiger partial charge in [0.15, 0.2) is 5.58 Å². The van der Waals surface area contributed by atoms with E-state index in [1.54, 1.807) is 24.3 Å². The largest absolute Gasteiger partial charge is 0.465 e. The number of oxazole rings is 1. The SMILES string of the molecule is O=C1CC(CCC2CCCC(CCC(=O)OCCc3cc(Cl)cc(Cl)c3)CC2)CC(C(=O)Nc2ccc3[nH]c(=O)oc3c2)C1. The number of carbonyl (C=O) groups excluding carboxylic acids is 3. The van der Waals surface area contributed by atoms with Crippen LogP contribution in [0.25, 0.3) is 11.1 Å². The van der Waals surface area contributed by atoms with E-state index in [9.17, 15) is 19.2 Å². The Hall–Kier alpha value is -3.10. The van der Waals surface area contributed by atoms with E-state index >= 15 is 0 Å². The van der Waals surface area contributed by atoms with Crippen molar-refractivity contribution in [3.8, 4) is 0 Å². The smallest absolute Gasteiger partial charge is 0.417 e. The van der Waals surface area contributed by atoms with Crippen LogP contribution in [0, 0.1) is 23.7 Å². The van der Waals surface area contributed by atoms with Gasteiger partial charge in [-0.1, -0.05) is 61.7 Å². The summed E-state index contributed by atoms with van der Waals surface area (Å²) in [6.45, 7) is 0.317. The summed E-state index contributed by atoms with van der Waals surface area (Å²) in [7, 11) is 0. The number of esters is 1. The van der Waals surface area contributed by atoms with Gasteiger partial charge in [-0.2, -0.15) is 0 Å². The van der Waals surface area contributed by atoms with Gasteiger partial charge in [0.25, 0.3) is 0 Å². The molecule has 1 heterocycles. The van der Waals surface area contributed by atoms with E-state index in [0.717, 1.165) is 50.5 Å². The summed E-state index contributed by atoms with van der Waals surface area (Å²) in [4.78, 5) is 52.0. The maximum Gasteiger partial charge on any atom is 0.417 e. The zero-order chi connectivity index (χ0) is 31.1. The number of aromatic amines is 1. The lowest BCUT2D eigenvalue weighted by Crippen LogP contribution is -2.32. The minimum atomic E-state index is -0.540. The van der Waals surface area contributed by atoms with Gasteiger partial charge in [-0.25, -0.2) is 4.79 Å². The highest BCUT2D eigenvalue weighted by Gasteiger charge is 2.32. The first-order valence-electron chi connectivity index (χ1n) is 15.8. The lowest BCUT2D eigenvalue weighted by Gasteiger charge is -2.28. The molecule has 4 atom stereocenters. The molecule has 2 fully saturated rings. The molecule has 2 aliphatic rings. The molecular weight excluding hydrogens is 603 g/mol. The van der Waals surface area contributed by atoms with E-state index in [0.29, 0.717) is 71.0 Å². The van der Waals surface area contributed by atoms with E-state index in [1.165, 1.54) is 6.42 Å². The molecule has 0 spiro atoms. The summed E-state index contributed by atoms with van der Waals surface area (Å²) in [6.07, 6.45) is 11.1. The number of benzene rings is 2. The molecule has 10 heteroatoms. The molecule has 5 rings (SSSR count). The maximum absolute atomic E-state index is 13.0. The molecule has 0 aliphatic heterocycles. The number of carbonyl (C=O) groups is 3. The fourth-order valence-electron chi connectivity index (χ4n) is 6.87. The van der Waals surface area contributed by atoms with Gasteiger partial charge in [0, 0.05) is 53.4 Å². The lowest BCUT2D eigenvalue weighted by atomic mass is 9.76. The van der Waals surface area contributed by atoms with Crippen molar-refractivity contribution < 1.29 is 23.5 Å². The molecule has 0 saturated heterocycles. The van der Waals surface area contributed by atoms with Crippen molar-refractivity contribution in [1.82, 2.24) is 4.98 Å². The molecule has 2 aliphatic carbocycles. The fourth-order valence-corrected chi connectivity index (χ4v) is 7.44. The van der Waals surface area contributed by atoms with Crippen LogP contribution in [-0.2, 0) is 25.5 Å². The number of rotatable bonds is 11. The van der Waals surface area contributed by atoms with Crippen LogP contribution in [0.3, 0.4) is 0 Å². The van der Waals surface area contributed by atoms with Crippen LogP contribution in [0.4, 0.5) is 5.69 Å². The van der Waals surface area contributed by atoms with Crippen molar-refractivity contribution in [3.63, 3.8) is 0 Å². The number of halogens is 2. The molecule has 2 saturated carbocycles. The molecule has 4 unspecified atom stereocenters. The van der Waals surface area contributed by atoms with Gasteiger partial charge in [-0.3, -0.25) is 19.4 Å². The summed E-state index contributed by atoms with van der Waals surface area (Å²) in [6, 6.07) is 10.4. The third-order valence-corrected chi connectivity index (χ3v) is 9.63.